The number of rotatable bonds is 16. The summed E-state index contributed by atoms with van der Waals surface area (Å²) in [6, 6.07) is -3.47. The van der Waals surface area contributed by atoms with E-state index in [1.165, 1.54) is 13.8 Å². The molecule has 71 heavy (non-hydrogen) atoms. The highest BCUT2D eigenvalue weighted by Gasteiger charge is 2.57. The minimum atomic E-state index is -2.11. The topological polar surface area (TPSA) is 483 Å². The molecule has 6 aliphatic heterocycles. The van der Waals surface area contributed by atoms with E-state index in [0.717, 1.165) is 13.8 Å². The molecular formula is C40H68N2O29. The first-order valence-electron chi connectivity index (χ1n) is 22.8. The minimum Gasteiger partial charge on any atom is -0.394 e. The summed E-state index contributed by atoms with van der Waals surface area (Å²) in [5.74, 6) is -1.63. The molecule has 0 aliphatic carbocycles. The highest BCUT2D eigenvalue weighted by atomic mass is 16.8. The van der Waals surface area contributed by atoms with Crippen LogP contribution in [0.25, 0.3) is 0 Å². The lowest BCUT2D eigenvalue weighted by Crippen LogP contribution is -2.71. The van der Waals surface area contributed by atoms with Crippen LogP contribution in [0.1, 0.15) is 27.7 Å². The van der Waals surface area contributed by atoms with Gasteiger partial charge in [-0.3, -0.25) is 9.59 Å². The molecule has 6 heterocycles. The van der Waals surface area contributed by atoms with Crippen molar-refractivity contribution in [3.05, 3.63) is 0 Å². The molecule has 0 bridgehead atoms. The summed E-state index contributed by atoms with van der Waals surface area (Å²) in [7, 11) is 0. The van der Waals surface area contributed by atoms with E-state index < -0.39 is 222 Å². The first-order valence-corrected chi connectivity index (χ1v) is 22.8. The van der Waals surface area contributed by atoms with Crippen LogP contribution in [0.5, 0.6) is 0 Å². The number of aliphatic hydroxyl groups excluding tert-OH is 16. The molecule has 0 unspecified atom stereocenters. The van der Waals surface area contributed by atoms with Crippen LogP contribution in [-0.4, -0.2) is 304 Å². The zero-order chi connectivity index (χ0) is 52.5. The Bertz CT molecular complexity index is 1710. The maximum atomic E-state index is 12.8. The summed E-state index contributed by atoms with van der Waals surface area (Å²) in [4.78, 5) is 25.4. The molecule has 0 aromatic carbocycles. The van der Waals surface area contributed by atoms with Crippen molar-refractivity contribution in [2.75, 3.05) is 26.4 Å². The Hall–Kier alpha value is -2.14. The third kappa shape index (κ3) is 12.8. The zero-order valence-corrected chi connectivity index (χ0v) is 38.6. The lowest BCUT2D eigenvalue weighted by molar-refractivity contribution is -0.378. The third-order valence-electron chi connectivity index (χ3n) is 13.1. The van der Waals surface area contributed by atoms with Crippen LogP contribution in [0.4, 0.5) is 0 Å². The van der Waals surface area contributed by atoms with Gasteiger partial charge in [0.1, 0.15) is 134 Å². The molecule has 0 spiro atoms. The number of carbonyl (C=O) groups excluding carboxylic acids is 2. The van der Waals surface area contributed by atoms with Crippen molar-refractivity contribution in [1.29, 1.82) is 0 Å². The Balaban J connectivity index is 1.28. The molecule has 6 rings (SSSR count). The van der Waals surface area contributed by atoms with E-state index in [0.29, 0.717) is 0 Å². The number of carbonyl (C=O) groups is 2. The number of ether oxygens (including phenoxy) is 11. The van der Waals surface area contributed by atoms with Crippen LogP contribution in [0.15, 0.2) is 0 Å². The van der Waals surface area contributed by atoms with Crippen molar-refractivity contribution in [3.8, 4) is 0 Å². The van der Waals surface area contributed by atoms with Crippen LogP contribution in [-0.2, 0) is 61.7 Å². The number of hydrogen-bond donors (Lipinski definition) is 18. The van der Waals surface area contributed by atoms with Gasteiger partial charge in [0.25, 0.3) is 0 Å². The average molecular weight is 1040 g/mol. The normalized spacial score (nSPS) is 50.8. The van der Waals surface area contributed by atoms with Gasteiger partial charge in [0.2, 0.25) is 11.8 Å². The van der Waals surface area contributed by atoms with Gasteiger partial charge >= 0.3 is 0 Å². The lowest BCUT2D eigenvalue weighted by Gasteiger charge is -2.51. The SMILES string of the molecule is CC(=O)N[C@@H]1[C@@H](O[C@H]2O[C@H](C)[C@H](O)[C@H](O)[C@H]2O)[C@H](O[C@@H]2O[C@H](CO)[C@@H](O[C@@H]3O[C@H](CO[C@H]4O[C@H](CO)[C@@H](O)[C@H](O)[C@@H]4O)[C@@H](O)[C@H](O)[C@@H]3O)[C@H](O)[C@H]2NC(C)=O)[C@@H](CO[C@H]2O[C@H](C)[C@H](O)[C@H](O)[C@H]2O)O[C@H]1O. The summed E-state index contributed by atoms with van der Waals surface area (Å²) in [5, 5.41) is 175. The molecule has 6 fully saturated rings. The highest BCUT2D eigenvalue weighted by molar-refractivity contribution is 5.73. The smallest absolute Gasteiger partial charge is 0.217 e. The van der Waals surface area contributed by atoms with E-state index in [9.17, 15) is 91.3 Å². The molecule has 6 aliphatic rings. The van der Waals surface area contributed by atoms with Gasteiger partial charge in [-0.15, -0.1) is 0 Å². The fraction of sp³-hybridized carbons (Fsp3) is 0.950. The van der Waals surface area contributed by atoms with Gasteiger partial charge in [0, 0.05) is 13.8 Å². The second-order valence-electron chi connectivity index (χ2n) is 18.3. The van der Waals surface area contributed by atoms with Crippen LogP contribution in [0.3, 0.4) is 0 Å². The molecule has 0 aromatic rings. The van der Waals surface area contributed by atoms with Crippen LogP contribution < -0.4 is 10.6 Å². The predicted octanol–water partition coefficient (Wildman–Crippen LogP) is -11.8. The second kappa shape index (κ2) is 24.7. The van der Waals surface area contributed by atoms with Crippen molar-refractivity contribution >= 4 is 11.8 Å². The summed E-state index contributed by atoms with van der Waals surface area (Å²) < 4.78 is 63.8. The molecule has 6 saturated heterocycles. The van der Waals surface area contributed by atoms with Crippen LogP contribution in [0.2, 0.25) is 0 Å². The molecule has 18 N–H and O–H groups in total. The summed E-state index contributed by atoms with van der Waals surface area (Å²) in [5.41, 5.74) is 0. The summed E-state index contributed by atoms with van der Waals surface area (Å²) in [6.07, 6.45) is -49.8. The quantitative estimate of drug-likeness (QED) is 0.0682. The van der Waals surface area contributed by atoms with Gasteiger partial charge in [-0.25, -0.2) is 0 Å². The Morgan fingerprint density at radius 3 is 1.32 bits per heavy atom. The van der Waals surface area contributed by atoms with Crippen molar-refractivity contribution in [2.24, 2.45) is 0 Å². The van der Waals surface area contributed by atoms with Crippen LogP contribution >= 0.6 is 0 Å². The maximum absolute atomic E-state index is 12.8. The molecule has 31 heteroatoms. The number of aliphatic hydroxyl groups is 16. The van der Waals surface area contributed by atoms with Crippen molar-refractivity contribution in [1.82, 2.24) is 10.6 Å². The number of amides is 2. The first-order chi connectivity index (χ1) is 33.4. The van der Waals surface area contributed by atoms with Crippen molar-refractivity contribution < 1.29 is 143 Å². The van der Waals surface area contributed by atoms with E-state index in [4.69, 9.17) is 52.1 Å². The molecule has 31 nitrogen and oxygen atoms in total. The van der Waals surface area contributed by atoms with Crippen molar-refractivity contribution in [3.63, 3.8) is 0 Å². The Morgan fingerprint density at radius 1 is 0.394 bits per heavy atom. The highest BCUT2D eigenvalue weighted by Crippen LogP contribution is 2.36. The van der Waals surface area contributed by atoms with E-state index in [2.05, 4.69) is 10.6 Å². The minimum absolute atomic E-state index is 0.772. The fourth-order valence-corrected chi connectivity index (χ4v) is 9.00. The van der Waals surface area contributed by atoms with E-state index in [1.807, 2.05) is 0 Å². The molecule has 2 amide bonds. The molecule has 0 radical (unpaired) electrons. The lowest BCUT2D eigenvalue weighted by atomic mass is 9.93. The second-order valence-corrected chi connectivity index (χ2v) is 18.3. The van der Waals surface area contributed by atoms with E-state index in [-0.39, 0.29) is 0 Å². The largest absolute Gasteiger partial charge is 0.394 e. The molecule has 412 valence electrons. The fourth-order valence-electron chi connectivity index (χ4n) is 9.00. The average Bonchev–Trinajstić information content (AvgIpc) is 3.32. The third-order valence-corrected chi connectivity index (χ3v) is 13.1. The molecule has 0 aromatic heterocycles. The van der Waals surface area contributed by atoms with Gasteiger partial charge in [-0.1, -0.05) is 0 Å². The first kappa shape index (κ1) is 58.1. The predicted molar refractivity (Wildman–Crippen MR) is 220 cm³/mol. The van der Waals surface area contributed by atoms with E-state index >= 15 is 0 Å². The summed E-state index contributed by atoms with van der Waals surface area (Å²) >= 11 is 0. The van der Waals surface area contributed by atoms with E-state index in [1.54, 1.807) is 0 Å². The molecule has 30 atom stereocenters. The summed E-state index contributed by atoms with van der Waals surface area (Å²) in [6.45, 7) is 1.36. The maximum Gasteiger partial charge on any atom is 0.217 e. The van der Waals surface area contributed by atoms with Crippen molar-refractivity contribution in [2.45, 2.75) is 212 Å². The van der Waals surface area contributed by atoms with Crippen LogP contribution in [0, 0.1) is 0 Å². The number of hydrogen-bond acceptors (Lipinski definition) is 29. The van der Waals surface area contributed by atoms with Gasteiger partial charge in [0.15, 0.2) is 37.7 Å². The van der Waals surface area contributed by atoms with Gasteiger partial charge < -0.3 is 144 Å². The standard InChI is InChI=1S/C40H68N2O29/c1-9-19(47)24(52)28(56)37(63-9)62-8-16-33(34(18(35(60)65-16)42-12(4)46)71-39-30(58)25(53)20(48)10(2)64-39)70-36-17(41-11(3)45)23(51)32(14(6-44)67-36)69-40-31(59)27(55)22(50)15(68-40)7-61-38-29(57)26(54)21(49)13(5-43)66-38/h9-10,13-40,43-44,47-60H,5-8H2,1-4H3,(H,41,45)(H,42,46)/t9-,10-,13-,14-,15-,16-,17-,18-,19+,20+,21-,22-,23-,24+,25+,26+,27+,28-,29+,30-,31+,32-,33-,34-,35-,36+,37+,38+,39-,40+/m1/s1. The zero-order valence-electron chi connectivity index (χ0n) is 38.6. The van der Waals surface area contributed by atoms with Gasteiger partial charge in [-0.2, -0.15) is 0 Å². The Labute approximate surface area is 403 Å². The Morgan fingerprint density at radius 2 is 0.789 bits per heavy atom. The molecule has 0 saturated carbocycles. The Kier molecular flexibility index (Phi) is 20.2. The molecular weight excluding hydrogens is 972 g/mol. The monoisotopic (exact) mass is 1040 g/mol. The number of nitrogens with one attached hydrogen (secondary N) is 2. The van der Waals surface area contributed by atoms with Gasteiger partial charge in [0.05, 0.1) is 38.6 Å². The van der Waals surface area contributed by atoms with Gasteiger partial charge in [-0.05, 0) is 13.8 Å².